The molecule has 2 aromatic carbocycles. The van der Waals surface area contributed by atoms with Crippen LogP contribution in [0.4, 0.5) is 9.52 Å². The van der Waals surface area contributed by atoms with Gasteiger partial charge >= 0.3 is 5.97 Å². The summed E-state index contributed by atoms with van der Waals surface area (Å²) < 4.78 is 30.2. The Balaban J connectivity index is 1.74. The second-order valence-corrected chi connectivity index (χ2v) is 9.10. The lowest BCUT2D eigenvalue weighted by molar-refractivity contribution is 0.0554. The minimum Gasteiger partial charge on any atom is -0.504 e. The smallest absolute Gasteiger partial charge is 0.350 e. The van der Waals surface area contributed by atoms with E-state index in [4.69, 9.17) is 13.9 Å². The highest BCUT2D eigenvalue weighted by molar-refractivity contribution is 7.17. The summed E-state index contributed by atoms with van der Waals surface area (Å²) in [6.45, 7) is 5.11. The van der Waals surface area contributed by atoms with Gasteiger partial charge < -0.3 is 19.0 Å². The van der Waals surface area contributed by atoms with E-state index in [2.05, 4.69) is 11.6 Å². The molecule has 1 atom stereocenters. The largest absolute Gasteiger partial charge is 0.504 e. The predicted molar refractivity (Wildman–Crippen MR) is 133 cm³/mol. The molecule has 0 spiro atoms. The van der Waals surface area contributed by atoms with Crippen molar-refractivity contribution in [1.29, 1.82) is 0 Å². The molecule has 188 valence electrons. The Labute approximate surface area is 213 Å². The molecule has 37 heavy (non-hydrogen) atoms. The van der Waals surface area contributed by atoms with Crippen LogP contribution in [0.25, 0.3) is 11.0 Å². The van der Waals surface area contributed by atoms with Crippen molar-refractivity contribution in [1.82, 2.24) is 4.98 Å². The first kappa shape index (κ1) is 24.2. The summed E-state index contributed by atoms with van der Waals surface area (Å²) in [5, 5.41) is 10.2. The number of rotatable bonds is 6. The van der Waals surface area contributed by atoms with Gasteiger partial charge in [0.05, 0.1) is 29.8 Å². The maximum atomic E-state index is 14.0. The van der Waals surface area contributed by atoms with Gasteiger partial charge in [-0.25, -0.2) is 14.2 Å². The van der Waals surface area contributed by atoms with Gasteiger partial charge in [0.25, 0.3) is 5.91 Å². The van der Waals surface area contributed by atoms with E-state index in [0.29, 0.717) is 11.3 Å². The van der Waals surface area contributed by atoms with Crippen molar-refractivity contribution in [2.75, 3.05) is 18.6 Å². The molecule has 0 bridgehead atoms. The van der Waals surface area contributed by atoms with Crippen LogP contribution in [0.5, 0.6) is 11.5 Å². The molecule has 0 fully saturated rings. The number of fused-ring (bicyclic) bond motifs is 2. The van der Waals surface area contributed by atoms with Crippen LogP contribution in [0, 0.1) is 12.7 Å². The average molecular weight is 523 g/mol. The number of amides is 1. The molecule has 5 rings (SSSR count). The van der Waals surface area contributed by atoms with Crippen molar-refractivity contribution in [3.05, 3.63) is 92.6 Å². The molecule has 2 aromatic heterocycles. The van der Waals surface area contributed by atoms with Crippen molar-refractivity contribution in [3.63, 3.8) is 0 Å². The Morgan fingerprint density at radius 3 is 2.81 bits per heavy atom. The number of aromatic hydroxyl groups is 1. The third-order valence-corrected chi connectivity index (χ3v) is 7.00. The Morgan fingerprint density at radius 1 is 1.30 bits per heavy atom. The highest BCUT2D eigenvalue weighted by Crippen LogP contribution is 2.44. The fourth-order valence-electron chi connectivity index (χ4n) is 4.20. The van der Waals surface area contributed by atoms with Crippen LogP contribution in [0.1, 0.15) is 43.1 Å². The lowest BCUT2D eigenvalue weighted by Gasteiger charge is -2.23. The van der Waals surface area contributed by atoms with Gasteiger partial charge in [-0.1, -0.05) is 30.1 Å². The number of thiazole rings is 1. The van der Waals surface area contributed by atoms with Crippen LogP contribution in [-0.4, -0.2) is 35.7 Å². The number of anilines is 1. The summed E-state index contributed by atoms with van der Waals surface area (Å²) in [5.74, 6) is -2.21. The molecular formula is C26H19FN2O7S. The molecule has 0 saturated heterocycles. The third kappa shape index (κ3) is 3.93. The topological polar surface area (TPSA) is 119 Å². The van der Waals surface area contributed by atoms with Crippen molar-refractivity contribution in [2.24, 2.45) is 0 Å². The minimum absolute atomic E-state index is 0.00289. The summed E-state index contributed by atoms with van der Waals surface area (Å²) in [6, 6.07) is 6.75. The maximum Gasteiger partial charge on any atom is 0.350 e. The first-order chi connectivity index (χ1) is 17.7. The molecule has 0 saturated carbocycles. The van der Waals surface area contributed by atoms with Crippen LogP contribution >= 0.6 is 11.3 Å². The molecule has 1 unspecified atom stereocenters. The van der Waals surface area contributed by atoms with Gasteiger partial charge in [0.2, 0.25) is 5.76 Å². The van der Waals surface area contributed by atoms with E-state index in [-0.39, 0.29) is 50.4 Å². The molecule has 1 aliphatic rings. The average Bonchev–Trinajstić information content (AvgIpc) is 3.40. The Morgan fingerprint density at radius 2 is 2.08 bits per heavy atom. The number of phenolic OH excluding ortho intramolecular Hbond substituents is 1. The van der Waals surface area contributed by atoms with Gasteiger partial charge in [0, 0.05) is 0 Å². The van der Waals surface area contributed by atoms with Gasteiger partial charge in [-0.3, -0.25) is 14.5 Å². The van der Waals surface area contributed by atoms with Crippen LogP contribution in [0.2, 0.25) is 0 Å². The van der Waals surface area contributed by atoms with Crippen molar-refractivity contribution < 1.29 is 33.0 Å². The molecule has 1 amide bonds. The van der Waals surface area contributed by atoms with Crippen molar-refractivity contribution in [3.8, 4) is 11.5 Å². The van der Waals surface area contributed by atoms with E-state index >= 15 is 0 Å². The molecule has 0 aliphatic carbocycles. The Kier molecular flexibility index (Phi) is 6.00. The van der Waals surface area contributed by atoms with Gasteiger partial charge in [-0.05, 0) is 42.8 Å². The van der Waals surface area contributed by atoms with Gasteiger partial charge in [0.15, 0.2) is 22.1 Å². The number of aryl methyl sites for hydroxylation is 1. The minimum atomic E-state index is -1.07. The molecule has 9 nitrogen and oxygen atoms in total. The number of phenols is 1. The number of hydrogen-bond acceptors (Lipinski definition) is 9. The number of halogens is 1. The van der Waals surface area contributed by atoms with Crippen LogP contribution in [0.3, 0.4) is 0 Å². The fraction of sp³-hybridized carbons (Fsp3) is 0.154. The standard InChI is InChI=1S/C26H19FN2O7S/c1-4-9-35-25(33)23-12(2)28-26(37-23)29-20(13-5-7-16(30)18(10-13)34-3)19-21(31)15-11-14(27)6-8-17(15)36-22(19)24(29)32/h4-8,10-11,20,30H,1,9H2,2-3H3. The number of carbonyl (C=O) groups excluding carboxylic acids is 2. The number of nitrogens with zero attached hydrogens (tertiary/aromatic N) is 2. The van der Waals surface area contributed by atoms with E-state index in [1.165, 1.54) is 42.4 Å². The number of methoxy groups -OCH3 is 1. The number of hydrogen-bond donors (Lipinski definition) is 1. The van der Waals surface area contributed by atoms with Gasteiger partial charge in [0.1, 0.15) is 22.9 Å². The van der Waals surface area contributed by atoms with Crippen LogP contribution in [0.15, 0.2) is 58.3 Å². The number of aromatic nitrogens is 1. The number of carbonyl (C=O) groups is 2. The zero-order chi connectivity index (χ0) is 26.4. The first-order valence-corrected chi connectivity index (χ1v) is 11.8. The molecule has 4 aromatic rings. The highest BCUT2D eigenvalue weighted by atomic mass is 32.1. The normalized spacial score (nSPS) is 14.6. The van der Waals surface area contributed by atoms with E-state index in [9.17, 15) is 23.9 Å². The van der Waals surface area contributed by atoms with E-state index in [1.54, 1.807) is 6.92 Å². The second kappa shape index (κ2) is 9.17. The quantitative estimate of drug-likeness (QED) is 0.290. The van der Waals surface area contributed by atoms with Gasteiger partial charge in [-0.2, -0.15) is 0 Å². The lowest BCUT2D eigenvalue weighted by atomic mass is 9.98. The lowest BCUT2D eigenvalue weighted by Crippen LogP contribution is -2.29. The molecule has 11 heteroatoms. The van der Waals surface area contributed by atoms with E-state index < -0.39 is 29.2 Å². The molecular weight excluding hydrogens is 503 g/mol. The summed E-state index contributed by atoms with van der Waals surface area (Å²) >= 11 is 0.915. The van der Waals surface area contributed by atoms with E-state index in [0.717, 1.165) is 23.5 Å². The summed E-state index contributed by atoms with van der Waals surface area (Å²) in [4.78, 5) is 45.7. The first-order valence-electron chi connectivity index (χ1n) is 11.0. The molecule has 1 aliphatic heterocycles. The van der Waals surface area contributed by atoms with Crippen molar-refractivity contribution >= 4 is 39.3 Å². The second-order valence-electron chi connectivity index (χ2n) is 8.12. The zero-order valence-electron chi connectivity index (χ0n) is 19.6. The SMILES string of the molecule is C=CCOC(=O)c1sc(N2C(=O)c3oc4ccc(F)cc4c(=O)c3C2c2ccc(O)c(OC)c2)nc1C. The molecule has 1 N–H and O–H groups in total. The summed E-state index contributed by atoms with van der Waals surface area (Å²) in [5.41, 5.74) is 0.147. The summed E-state index contributed by atoms with van der Waals surface area (Å²) in [7, 11) is 1.36. The fourth-order valence-corrected chi connectivity index (χ4v) is 5.18. The number of benzene rings is 2. The predicted octanol–water partition coefficient (Wildman–Crippen LogP) is 4.50. The summed E-state index contributed by atoms with van der Waals surface area (Å²) in [6.07, 6.45) is 1.43. The number of ether oxygens (including phenoxy) is 2. The third-order valence-electron chi connectivity index (χ3n) is 5.86. The Bertz CT molecular complexity index is 1660. The molecule has 0 radical (unpaired) electrons. The van der Waals surface area contributed by atoms with Gasteiger partial charge in [-0.15, -0.1) is 0 Å². The zero-order valence-corrected chi connectivity index (χ0v) is 20.4. The number of esters is 1. The van der Waals surface area contributed by atoms with E-state index in [1.807, 2.05) is 0 Å². The molecule has 3 heterocycles. The highest BCUT2D eigenvalue weighted by Gasteiger charge is 2.45. The maximum absolute atomic E-state index is 14.0. The van der Waals surface area contributed by atoms with Crippen LogP contribution in [-0.2, 0) is 4.74 Å². The van der Waals surface area contributed by atoms with Crippen LogP contribution < -0.4 is 15.1 Å². The monoisotopic (exact) mass is 522 g/mol. The van der Waals surface area contributed by atoms with Crippen molar-refractivity contribution in [2.45, 2.75) is 13.0 Å². The Hall–Kier alpha value is -4.51.